The van der Waals surface area contributed by atoms with Gasteiger partial charge >= 0.3 is 0 Å². The highest BCUT2D eigenvalue weighted by Gasteiger charge is 2.16. The number of hydrogen-bond donors (Lipinski definition) is 1. The van der Waals surface area contributed by atoms with Crippen molar-refractivity contribution in [1.82, 2.24) is 4.98 Å². The third kappa shape index (κ3) is 4.50. The number of nitro groups is 1. The molecule has 0 spiro atoms. The summed E-state index contributed by atoms with van der Waals surface area (Å²) in [5.41, 5.74) is 0.889. The number of carbonyl (C=O) groups is 1. The largest absolute Gasteiger partial charge is 0.491 e. The lowest BCUT2D eigenvalue weighted by Crippen LogP contribution is -2.14. The molecule has 0 unspecified atom stereocenters. The van der Waals surface area contributed by atoms with Crippen molar-refractivity contribution >= 4 is 17.3 Å². The molecule has 0 aliphatic carbocycles. The monoisotopic (exact) mass is 331 g/mol. The normalized spacial score (nSPS) is 10.2. The number of anilines is 1. The van der Waals surface area contributed by atoms with Gasteiger partial charge in [-0.1, -0.05) is 0 Å². The van der Waals surface area contributed by atoms with Crippen LogP contribution in [-0.2, 0) is 4.74 Å². The molecule has 24 heavy (non-hydrogen) atoms. The first-order valence-corrected chi connectivity index (χ1v) is 7.15. The lowest BCUT2D eigenvalue weighted by Gasteiger charge is -2.09. The SMILES string of the molecule is COCCOc1ccc(NC(=O)c2cc([N+](=O)[O-])cnc2C)cc1. The molecule has 2 rings (SSSR count). The highest BCUT2D eigenvalue weighted by molar-refractivity contribution is 6.05. The van der Waals surface area contributed by atoms with Crippen molar-refractivity contribution in [2.24, 2.45) is 0 Å². The summed E-state index contributed by atoms with van der Waals surface area (Å²) in [6.07, 6.45) is 1.12. The Balaban J connectivity index is 2.07. The molecule has 0 atom stereocenters. The van der Waals surface area contributed by atoms with Crippen LogP contribution in [0.1, 0.15) is 16.1 Å². The third-order valence-electron chi connectivity index (χ3n) is 3.20. The van der Waals surface area contributed by atoms with E-state index in [1.165, 1.54) is 6.07 Å². The number of methoxy groups -OCH3 is 1. The van der Waals surface area contributed by atoms with Gasteiger partial charge in [0.15, 0.2) is 0 Å². The quantitative estimate of drug-likeness (QED) is 0.475. The van der Waals surface area contributed by atoms with Crippen molar-refractivity contribution in [3.05, 3.63) is 57.9 Å². The number of carbonyl (C=O) groups excluding carboxylic acids is 1. The Bertz CT molecular complexity index is 731. The van der Waals surface area contributed by atoms with E-state index in [9.17, 15) is 14.9 Å². The zero-order valence-electron chi connectivity index (χ0n) is 13.3. The first kappa shape index (κ1) is 17.4. The second-order valence-electron chi connectivity index (χ2n) is 4.90. The predicted molar refractivity (Wildman–Crippen MR) is 87.4 cm³/mol. The van der Waals surface area contributed by atoms with Gasteiger partial charge in [0, 0.05) is 18.9 Å². The van der Waals surface area contributed by atoms with E-state index >= 15 is 0 Å². The minimum absolute atomic E-state index is 0.157. The number of aromatic nitrogens is 1. The number of benzene rings is 1. The van der Waals surface area contributed by atoms with E-state index in [0.717, 1.165) is 6.20 Å². The topological polar surface area (TPSA) is 104 Å². The second-order valence-corrected chi connectivity index (χ2v) is 4.90. The van der Waals surface area contributed by atoms with Crippen molar-refractivity contribution in [2.45, 2.75) is 6.92 Å². The Morgan fingerprint density at radius 2 is 2.00 bits per heavy atom. The molecule has 1 N–H and O–H groups in total. The van der Waals surface area contributed by atoms with E-state index in [-0.39, 0.29) is 11.3 Å². The van der Waals surface area contributed by atoms with Crippen molar-refractivity contribution < 1.29 is 19.2 Å². The van der Waals surface area contributed by atoms with Gasteiger partial charge in [0.2, 0.25) is 0 Å². The van der Waals surface area contributed by atoms with Crippen LogP contribution in [0.2, 0.25) is 0 Å². The molecule has 1 aromatic heterocycles. The second kappa shape index (κ2) is 8.02. The maximum Gasteiger partial charge on any atom is 0.288 e. The number of hydrogen-bond acceptors (Lipinski definition) is 6. The lowest BCUT2D eigenvalue weighted by molar-refractivity contribution is -0.385. The van der Waals surface area contributed by atoms with Gasteiger partial charge in [-0.05, 0) is 31.2 Å². The summed E-state index contributed by atoms with van der Waals surface area (Å²) in [5.74, 6) is 0.190. The van der Waals surface area contributed by atoms with Crippen molar-refractivity contribution in [3.8, 4) is 5.75 Å². The summed E-state index contributed by atoms with van der Waals surface area (Å²) in [5, 5.41) is 13.5. The fourth-order valence-electron chi connectivity index (χ4n) is 1.93. The molecule has 0 aliphatic rings. The summed E-state index contributed by atoms with van der Waals surface area (Å²) < 4.78 is 10.3. The third-order valence-corrected chi connectivity index (χ3v) is 3.20. The minimum Gasteiger partial charge on any atom is -0.491 e. The number of amides is 1. The average molecular weight is 331 g/mol. The van der Waals surface area contributed by atoms with Crippen LogP contribution in [-0.4, -0.2) is 36.1 Å². The van der Waals surface area contributed by atoms with Gasteiger partial charge < -0.3 is 14.8 Å². The number of aryl methyl sites for hydroxylation is 1. The average Bonchev–Trinajstić information content (AvgIpc) is 2.56. The molecule has 1 amide bonds. The van der Waals surface area contributed by atoms with E-state index in [1.54, 1.807) is 38.3 Å². The molecule has 0 fully saturated rings. The number of pyridine rings is 1. The standard InChI is InChI=1S/C16H17N3O5/c1-11-15(9-13(10-17-11)19(21)22)16(20)18-12-3-5-14(6-4-12)24-8-7-23-2/h3-6,9-10H,7-8H2,1-2H3,(H,18,20). The van der Waals surface area contributed by atoms with E-state index < -0.39 is 10.8 Å². The fourth-order valence-corrected chi connectivity index (χ4v) is 1.93. The first-order valence-electron chi connectivity index (χ1n) is 7.15. The van der Waals surface area contributed by atoms with Crippen molar-refractivity contribution in [2.75, 3.05) is 25.6 Å². The maximum atomic E-state index is 12.3. The molecule has 0 saturated carbocycles. The summed E-state index contributed by atoms with van der Waals surface area (Å²) in [4.78, 5) is 26.4. The highest BCUT2D eigenvalue weighted by Crippen LogP contribution is 2.19. The molecule has 8 heteroatoms. The molecule has 8 nitrogen and oxygen atoms in total. The Morgan fingerprint density at radius 3 is 2.62 bits per heavy atom. The molecule has 0 radical (unpaired) electrons. The summed E-state index contributed by atoms with van der Waals surface area (Å²) >= 11 is 0. The summed E-state index contributed by atoms with van der Waals surface area (Å²) in [6, 6.07) is 7.99. The number of nitrogens with zero attached hydrogens (tertiary/aromatic N) is 2. The number of nitrogens with one attached hydrogen (secondary N) is 1. The van der Waals surface area contributed by atoms with Crippen LogP contribution < -0.4 is 10.1 Å². The molecule has 0 saturated heterocycles. The lowest BCUT2D eigenvalue weighted by atomic mass is 10.1. The summed E-state index contributed by atoms with van der Waals surface area (Å²) in [7, 11) is 1.59. The van der Waals surface area contributed by atoms with E-state index in [4.69, 9.17) is 9.47 Å². The molecular weight excluding hydrogens is 314 g/mol. The van der Waals surface area contributed by atoms with Crippen LogP contribution in [0.5, 0.6) is 5.75 Å². The predicted octanol–water partition coefficient (Wildman–Crippen LogP) is 2.58. The van der Waals surface area contributed by atoms with Crippen LogP contribution in [0.3, 0.4) is 0 Å². The van der Waals surface area contributed by atoms with Gasteiger partial charge in [-0.15, -0.1) is 0 Å². The van der Waals surface area contributed by atoms with Gasteiger partial charge in [-0.2, -0.15) is 0 Å². The number of ether oxygens (including phenoxy) is 2. The van der Waals surface area contributed by atoms with Crippen molar-refractivity contribution in [3.63, 3.8) is 0 Å². The fraction of sp³-hybridized carbons (Fsp3) is 0.250. The van der Waals surface area contributed by atoms with Gasteiger partial charge in [-0.3, -0.25) is 19.9 Å². The highest BCUT2D eigenvalue weighted by atomic mass is 16.6. The van der Waals surface area contributed by atoms with Gasteiger partial charge in [0.25, 0.3) is 11.6 Å². The van der Waals surface area contributed by atoms with Crippen LogP contribution in [0.25, 0.3) is 0 Å². The Hall–Kier alpha value is -3.00. The van der Waals surface area contributed by atoms with Crippen LogP contribution in [0.15, 0.2) is 36.5 Å². The van der Waals surface area contributed by atoms with Gasteiger partial charge in [0.1, 0.15) is 18.6 Å². The maximum absolute atomic E-state index is 12.3. The van der Waals surface area contributed by atoms with E-state index in [2.05, 4.69) is 10.3 Å². The minimum atomic E-state index is -0.588. The molecular formula is C16H17N3O5. The summed E-state index contributed by atoms with van der Waals surface area (Å²) in [6.45, 7) is 2.53. The van der Waals surface area contributed by atoms with Crippen molar-refractivity contribution in [1.29, 1.82) is 0 Å². The van der Waals surface area contributed by atoms with E-state index in [1.807, 2.05) is 0 Å². The molecule has 2 aromatic rings. The van der Waals surface area contributed by atoms with Gasteiger partial charge in [-0.25, -0.2) is 0 Å². The van der Waals surface area contributed by atoms with Crippen LogP contribution in [0.4, 0.5) is 11.4 Å². The number of rotatable bonds is 7. The molecule has 1 aromatic carbocycles. The van der Waals surface area contributed by atoms with Crippen LogP contribution >= 0.6 is 0 Å². The Morgan fingerprint density at radius 1 is 1.29 bits per heavy atom. The molecule has 0 bridgehead atoms. The smallest absolute Gasteiger partial charge is 0.288 e. The first-order chi connectivity index (χ1) is 11.5. The zero-order valence-corrected chi connectivity index (χ0v) is 13.3. The van der Waals surface area contributed by atoms with Gasteiger partial charge in [0.05, 0.1) is 22.8 Å². The Kier molecular flexibility index (Phi) is 5.80. The zero-order chi connectivity index (χ0) is 17.5. The van der Waals surface area contributed by atoms with Crippen LogP contribution in [0, 0.1) is 17.0 Å². The molecule has 126 valence electrons. The molecule has 1 heterocycles. The Labute approximate surface area is 138 Å². The van der Waals surface area contributed by atoms with E-state index in [0.29, 0.717) is 30.3 Å². The molecule has 0 aliphatic heterocycles.